The molecule has 0 radical (unpaired) electrons. The predicted molar refractivity (Wildman–Crippen MR) is 89.6 cm³/mol. The number of hydrogen-bond acceptors (Lipinski definition) is 1. The van der Waals surface area contributed by atoms with Crippen molar-refractivity contribution in [3.63, 3.8) is 0 Å². The third kappa shape index (κ3) is 4.69. The summed E-state index contributed by atoms with van der Waals surface area (Å²) in [4.78, 5) is 12.5. The molecule has 0 heterocycles. The zero-order valence-corrected chi connectivity index (χ0v) is 14.0. The summed E-state index contributed by atoms with van der Waals surface area (Å²) in [7, 11) is 0. The summed E-state index contributed by atoms with van der Waals surface area (Å²) in [6, 6.07) is 6.44. The van der Waals surface area contributed by atoms with Gasteiger partial charge in [0, 0.05) is 12.3 Å². The lowest BCUT2D eigenvalue weighted by atomic mass is 9.77. The zero-order valence-electron chi connectivity index (χ0n) is 14.0. The molecule has 0 amide bonds. The van der Waals surface area contributed by atoms with E-state index < -0.39 is 0 Å². The van der Waals surface area contributed by atoms with Crippen LogP contribution < -0.4 is 0 Å². The van der Waals surface area contributed by atoms with Gasteiger partial charge in [0.05, 0.1) is 0 Å². The van der Waals surface area contributed by atoms with Crippen LogP contribution in [-0.4, -0.2) is 5.78 Å². The van der Waals surface area contributed by atoms with Crippen molar-refractivity contribution in [1.29, 1.82) is 0 Å². The van der Waals surface area contributed by atoms with Gasteiger partial charge in [0.25, 0.3) is 0 Å². The second-order valence-electron chi connectivity index (χ2n) is 6.92. The highest BCUT2D eigenvalue weighted by Gasteiger charge is 2.25. The molecule has 1 aliphatic carbocycles. The average molecular weight is 286 g/mol. The van der Waals surface area contributed by atoms with Crippen molar-refractivity contribution in [1.82, 2.24) is 0 Å². The Bertz CT molecular complexity index is 467. The van der Waals surface area contributed by atoms with Gasteiger partial charge in [-0.05, 0) is 62.1 Å². The lowest BCUT2D eigenvalue weighted by Crippen LogP contribution is -2.23. The number of aryl methyl sites for hydroxylation is 2. The van der Waals surface area contributed by atoms with E-state index in [2.05, 4.69) is 39.0 Å². The van der Waals surface area contributed by atoms with E-state index in [1.54, 1.807) is 0 Å². The number of hydrogen-bond donors (Lipinski definition) is 0. The molecule has 1 fully saturated rings. The van der Waals surface area contributed by atoms with Gasteiger partial charge in [-0.1, -0.05) is 44.4 Å². The number of ketones is 1. The van der Waals surface area contributed by atoms with Crippen LogP contribution in [0, 0.1) is 25.7 Å². The van der Waals surface area contributed by atoms with Gasteiger partial charge in [-0.2, -0.15) is 0 Å². The summed E-state index contributed by atoms with van der Waals surface area (Å²) in [5.74, 6) is 1.67. The van der Waals surface area contributed by atoms with E-state index in [9.17, 15) is 4.79 Å². The van der Waals surface area contributed by atoms with Crippen molar-refractivity contribution in [2.24, 2.45) is 11.8 Å². The zero-order chi connectivity index (χ0) is 15.2. The maximum atomic E-state index is 12.5. The normalized spacial score (nSPS) is 22.2. The minimum absolute atomic E-state index is 0.324. The molecule has 0 bridgehead atoms. The van der Waals surface area contributed by atoms with E-state index in [1.165, 1.54) is 48.8 Å². The van der Waals surface area contributed by atoms with Crippen molar-refractivity contribution in [2.45, 2.75) is 72.1 Å². The molecule has 1 nitrogen and oxygen atoms in total. The summed E-state index contributed by atoms with van der Waals surface area (Å²) in [5.41, 5.74) is 3.79. The molecule has 1 aliphatic rings. The van der Waals surface area contributed by atoms with Crippen LogP contribution in [0.1, 0.15) is 68.6 Å². The van der Waals surface area contributed by atoms with Gasteiger partial charge in [0.1, 0.15) is 5.78 Å². The van der Waals surface area contributed by atoms with Crippen LogP contribution >= 0.6 is 0 Å². The topological polar surface area (TPSA) is 17.1 Å². The molecule has 1 aromatic rings. The Morgan fingerprint density at radius 3 is 2.43 bits per heavy atom. The second-order valence-corrected chi connectivity index (χ2v) is 6.92. The Morgan fingerprint density at radius 2 is 1.81 bits per heavy atom. The van der Waals surface area contributed by atoms with Crippen LogP contribution in [0.5, 0.6) is 0 Å². The van der Waals surface area contributed by atoms with Crippen molar-refractivity contribution < 1.29 is 4.79 Å². The molecule has 116 valence electrons. The smallest absolute Gasteiger partial charge is 0.140 e. The first-order chi connectivity index (χ1) is 10.1. The van der Waals surface area contributed by atoms with E-state index >= 15 is 0 Å². The summed E-state index contributed by atoms with van der Waals surface area (Å²) >= 11 is 0. The largest absolute Gasteiger partial charge is 0.299 e. The van der Waals surface area contributed by atoms with Crippen molar-refractivity contribution >= 4 is 5.78 Å². The first kappa shape index (κ1) is 16.3. The number of unbranched alkanes of at least 4 members (excludes halogenated alkanes) is 1. The number of Topliss-reactive ketones (excluding diaryl/α,β-unsaturated/α-hetero) is 1. The van der Waals surface area contributed by atoms with Gasteiger partial charge < -0.3 is 0 Å². The van der Waals surface area contributed by atoms with Gasteiger partial charge in [-0.25, -0.2) is 0 Å². The minimum Gasteiger partial charge on any atom is -0.299 e. The van der Waals surface area contributed by atoms with E-state index in [0.717, 1.165) is 18.8 Å². The molecule has 1 saturated carbocycles. The summed E-state index contributed by atoms with van der Waals surface area (Å²) in [6.45, 7) is 6.51. The number of rotatable bonds is 6. The van der Waals surface area contributed by atoms with Gasteiger partial charge in [-0.3, -0.25) is 4.79 Å². The fraction of sp³-hybridized carbons (Fsp3) is 0.650. The van der Waals surface area contributed by atoms with E-state index in [1.807, 2.05) is 0 Å². The quantitative estimate of drug-likeness (QED) is 0.683. The fourth-order valence-corrected chi connectivity index (χ4v) is 3.52. The van der Waals surface area contributed by atoms with Crippen LogP contribution in [0.4, 0.5) is 0 Å². The Balaban J connectivity index is 1.83. The van der Waals surface area contributed by atoms with Crippen LogP contribution in [0.15, 0.2) is 18.2 Å². The van der Waals surface area contributed by atoms with Crippen LogP contribution in [0.3, 0.4) is 0 Å². The molecule has 1 aromatic carbocycles. The van der Waals surface area contributed by atoms with E-state index in [0.29, 0.717) is 18.1 Å². The second kappa shape index (κ2) is 7.77. The molecule has 2 rings (SSSR count). The number of carbonyl (C=O) groups is 1. The predicted octanol–water partition coefficient (Wildman–Crippen LogP) is 5.41. The Kier molecular flexibility index (Phi) is 6.02. The third-order valence-corrected chi connectivity index (χ3v) is 5.22. The van der Waals surface area contributed by atoms with Crippen LogP contribution in [-0.2, 0) is 11.2 Å². The molecule has 0 saturated heterocycles. The lowest BCUT2D eigenvalue weighted by Gasteiger charge is -2.27. The fourth-order valence-electron chi connectivity index (χ4n) is 3.52. The van der Waals surface area contributed by atoms with Gasteiger partial charge in [0.2, 0.25) is 0 Å². The number of benzene rings is 1. The molecule has 0 atom stereocenters. The van der Waals surface area contributed by atoms with Crippen molar-refractivity contribution in [3.8, 4) is 0 Å². The minimum atomic E-state index is 0.324. The maximum absolute atomic E-state index is 12.5. The molecular weight excluding hydrogens is 256 g/mol. The standard InChI is InChI=1S/C20H30O/c1-4-5-6-17-9-11-19(12-10-17)20(21)14-18-8-7-15(2)16(3)13-18/h7-8,13,17,19H,4-6,9-12,14H2,1-3H3. The Hall–Kier alpha value is -1.11. The highest BCUT2D eigenvalue weighted by atomic mass is 16.1. The van der Waals surface area contributed by atoms with Gasteiger partial charge >= 0.3 is 0 Å². The van der Waals surface area contributed by atoms with Crippen LogP contribution in [0.25, 0.3) is 0 Å². The molecule has 0 aliphatic heterocycles. The lowest BCUT2D eigenvalue weighted by molar-refractivity contribution is -0.123. The number of carbonyl (C=O) groups excluding carboxylic acids is 1. The van der Waals surface area contributed by atoms with Gasteiger partial charge in [-0.15, -0.1) is 0 Å². The van der Waals surface area contributed by atoms with Crippen molar-refractivity contribution in [3.05, 3.63) is 34.9 Å². The molecule has 1 heteroatoms. The maximum Gasteiger partial charge on any atom is 0.140 e. The Labute approximate surface area is 130 Å². The van der Waals surface area contributed by atoms with Gasteiger partial charge in [0.15, 0.2) is 0 Å². The molecule has 21 heavy (non-hydrogen) atoms. The molecule has 0 unspecified atom stereocenters. The first-order valence-electron chi connectivity index (χ1n) is 8.69. The molecule has 0 aromatic heterocycles. The monoisotopic (exact) mass is 286 g/mol. The average Bonchev–Trinajstić information content (AvgIpc) is 2.49. The summed E-state index contributed by atoms with van der Waals surface area (Å²) in [6.07, 6.45) is 9.43. The third-order valence-electron chi connectivity index (χ3n) is 5.22. The van der Waals surface area contributed by atoms with Crippen molar-refractivity contribution in [2.75, 3.05) is 0 Å². The summed E-state index contributed by atoms with van der Waals surface area (Å²) in [5, 5.41) is 0. The summed E-state index contributed by atoms with van der Waals surface area (Å²) < 4.78 is 0. The molecule has 0 N–H and O–H groups in total. The molecular formula is C20H30O. The Morgan fingerprint density at radius 1 is 1.10 bits per heavy atom. The highest BCUT2D eigenvalue weighted by Crippen LogP contribution is 2.33. The first-order valence-corrected chi connectivity index (χ1v) is 8.69. The van der Waals surface area contributed by atoms with E-state index in [-0.39, 0.29) is 0 Å². The van der Waals surface area contributed by atoms with Crippen LogP contribution in [0.2, 0.25) is 0 Å². The highest BCUT2D eigenvalue weighted by molar-refractivity contribution is 5.83. The SMILES string of the molecule is CCCCC1CCC(C(=O)Cc2ccc(C)c(C)c2)CC1. The van der Waals surface area contributed by atoms with E-state index in [4.69, 9.17) is 0 Å². The molecule has 0 spiro atoms.